The van der Waals surface area contributed by atoms with Gasteiger partial charge in [0.25, 0.3) is 5.91 Å². The summed E-state index contributed by atoms with van der Waals surface area (Å²) in [6.07, 6.45) is 3.92. The molecule has 8 heteroatoms. The van der Waals surface area contributed by atoms with Crippen LogP contribution in [0, 0.1) is 0 Å². The number of anilines is 1. The van der Waals surface area contributed by atoms with Gasteiger partial charge in [0.15, 0.2) is 0 Å². The van der Waals surface area contributed by atoms with Crippen LogP contribution in [0.5, 0.6) is 0 Å². The minimum absolute atomic E-state index is 0.166. The fraction of sp³-hybridized carbons (Fsp3) is 0.333. The number of carbonyl (C=O) groups is 1. The molecule has 2 heterocycles. The molecule has 0 atom stereocenters. The minimum Gasteiger partial charge on any atom is -0.340 e. The van der Waals surface area contributed by atoms with Gasteiger partial charge >= 0.3 is 0 Å². The lowest BCUT2D eigenvalue weighted by molar-refractivity contribution is 0.0985. The molecule has 0 aliphatic carbocycles. The Morgan fingerprint density at radius 2 is 2.17 bits per heavy atom. The average molecular weight is 334 g/mol. The summed E-state index contributed by atoms with van der Waals surface area (Å²) in [5.74, 6) is -0.220. The number of imidazole rings is 1. The van der Waals surface area contributed by atoms with Crippen LogP contribution in [0.1, 0.15) is 23.0 Å². The molecule has 7 nitrogen and oxygen atoms in total. The monoisotopic (exact) mass is 334 g/mol. The van der Waals surface area contributed by atoms with Gasteiger partial charge in [-0.2, -0.15) is 0 Å². The molecule has 1 aromatic carbocycles. The summed E-state index contributed by atoms with van der Waals surface area (Å²) in [5.41, 5.74) is 1.95. The van der Waals surface area contributed by atoms with Gasteiger partial charge < -0.3 is 9.47 Å². The van der Waals surface area contributed by atoms with Gasteiger partial charge in [-0.05, 0) is 24.1 Å². The summed E-state index contributed by atoms with van der Waals surface area (Å²) < 4.78 is 28.5. The molecule has 1 amide bonds. The fourth-order valence-corrected chi connectivity index (χ4v) is 3.73. The van der Waals surface area contributed by atoms with Crippen LogP contribution in [0.15, 0.2) is 35.6 Å². The lowest BCUT2D eigenvalue weighted by Crippen LogP contribution is -2.29. The predicted molar refractivity (Wildman–Crippen MR) is 85.9 cm³/mol. The van der Waals surface area contributed by atoms with E-state index < -0.39 is 10.0 Å². The number of amides is 1. The van der Waals surface area contributed by atoms with E-state index in [0.717, 1.165) is 5.56 Å². The van der Waals surface area contributed by atoms with Crippen LogP contribution in [-0.4, -0.2) is 37.0 Å². The van der Waals surface area contributed by atoms with Crippen LogP contribution in [0.3, 0.4) is 0 Å². The Bertz CT molecular complexity index is 857. The Balaban J connectivity index is 1.97. The second-order valence-corrected chi connectivity index (χ2v) is 7.19. The van der Waals surface area contributed by atoms with Crippen LogP contribution < -0.4 is 9.62 Å². The molecule has 0 unspecified atom stereocenters. The lowest BCUT2D eigenvalue weighted by Gasteiger charge is -2.17. The Kier molecular flexibility index (Phi) is 3.95. The number of fused-ring (bicyclic) bond motifs is 1. The molecule has 0 spiro atoms. The van der Waals surface area contributed by atoms with Gasteiger partial charge in [-0.15, -0.1) is 0 Å². The van der Waals surface area contributed by atoms with Crippen molar-refractivity contribution in [2.75, 3.05) is 18.0 Å². The van der Waals surface area contributed by atoms with Crippen LogP contribution >= 0.6 is 0 Å². The second kappa shape index (κ2) is 5.78. The Morgan fingerprint density at radius 3 is 2.83 bits per heavy atom. The van der Waals surface area contributed by atoms with Crippen molar-refractivity contribution in [2.45, 2.75) is 18.2 Å². The van der Waals surface area contributed by atoms with Crippen molar-refractivity contribution in [3.8, 4) is 0 Å². The van der Waals surface area contributed by atoms with Crippen LogP contribution in [-0.2, 0) is 23.5 Å². The first-order valence-electron chi connectivity index (χ1n) is 7.35. The molecular weight excluding hydrogens is 316 g/mol. The smallest absolute Gasteiger partial charge is 0.278 e. The molecular formula is C15H18N4O3S. The third-order valence-corrected chi connectivity index (χ3v) is 5.31. The van der Waals surface area contributed by atoms with Crippen molar-refractivity contribution in [1.29, 1.82) is 0 Å². The molecule has 1 aromatic heterocycles. The van der Waals surface area contributed by atoms with E-state index in [9.17, 15) is 13.2 Å². The van der Waals surface area contributed by atoms with Crippen molar-refractivity contribution >= 4 is 21.6 Å². The van der Waals surface area contributed by atoms with Crippen molar-refractivity contribution in [1.82, 2.24) is 14.3 Å². The largest absolute Gasteiger partial charge is 0.340 e. The van der Waals surface area contributed by atoms with Gasteiger partial charge in [-0.25, -0.2) is 18.1 Å². The predicted octanol–water partition coefficient (Wildman–Crippen LogP) is 0.921. The number of hydrogen-bond donors (Lipinski definition) is 1. The van der Waals surface area contributed by atoms with E-state index >= 15 is 0 Å². The maximum atomic E-state index is 12.6. The number of sulfonamides is 1. The normalized spacial score (nSPS) is 14.1. The fourth-order valence-electron chi connectivity index (χ4n) is 2.67. The first kappa shape index (κ1) is 15.7. The zero-order valence-corrected chi connectivity index (χ0v) is 13.8. The molecule has 1 aliphatic heterocycles. The van der Waals surface area contributed by atoms with E-state index in [1.54, 1.807) is 54.2 Å². The highest BCUT2D eigenvalue weighted by Gasteiger charge is 2.28. The second-order valence-electron chi connectivity index (χ2n) is 5.42. The SMILES string of the molecule is CCNS(=O)(=O)c1ccc2c(c1)N(C(=O)c1cn(C)cn1)CC2. The molecule has 1 aliphatic rings. The van der Waals surface area contributed by atoms with Gasteiger partial charge in [0.2, 0.25) is 10.0 Å². The van der Waals surface area contributed by atoms with Crippen LogP contribution in [0.25, 0.3) is 0 Å². The molecule has 0 saturated heterocycles. The van der Waals surface area contributed by atoms with Gasteiger partial charge in [0, 0.05) is 32.0 Å². The molecule has 1 N–H and O–H groups in total. The van der Waals surface area contributed by atoms with Crippen LogP contribution in [0.4, 0.5) is 5.69 Å². The van der Waals surface area contributed by atoms with Crippen molar-refractivity contribution < 1.29 is 13.2 Å². The molecule has 0 radical (unpaired) electrons. The van der Waals surface area contributed by atoms with Crippen molar-refractivity contribution in [3.63, 3.8) is 0 Å². The first-order valence-corrected chi connectivity index (χ1v) is 8.83. The van der Waals surface area contributed by atoms with E-state index in [-0.39, 0.29) is 10.8 Å². The highest BCUT2D eigenvalue weighted by atomic mass is 32.2. The Hall–Kier alpha value is -2.19. The number of benzene rings is 1. The topological polar surface area (TPSA) is 84.3 Å². The van der Waals surface area contributed by atoms with Gasteiger partial charge in [0.05, 0.1) is 11.2 Å². The highest BCUT2D eigenvalue weighted by Crippen LogP contribution is 2.31. The Morgan fingerprint density at radius 1 is 1.39 bits per heavy atom. The zero-order chi connectivity index (χ0) is 16.6. The molecule has 23 heavy (non-hydrogen) atoms. The average Bonchev–Trinajstić information content (AvgIpc) is 3.12. The first-order chi connectivity index (χ1) is 10.9. The maximum Gasteiger partial charge on any atom is 0.278 e. The van der Waals surface area contributed by atoms with Crippen LogP contribution in [0.2, 0.25) is 0 Å². The van der Waals surface area contributed by atoms with Gasteiger partial charge in [0.1, 0.15) is 5.69 Å². The summed E-state index contributed by atoms with van der Waals surface area (Å²) in [6, 6.07) is 4.90. The zero-order valence-electron chi connectivity index (χ0n) is 13.0. The summed E-state index contributed by atoms with van der Waals surface area (Å²) in [5, 5.41) is 0. The molecule has 0 fully saturated rings. The van der Waals surface area contributed by atoms with Gasteiger partial charge in [-0.3, -0.25) is 4.79 Å². The van der Waals surface area contributed by atoms with Gasteiger partial charge in [-0.1, -0.05) is 13.0 Å². The van der Waals surface area contributed by atoms with E-state index in [1.807, 2.05) is 0 Å². The highest BCUT2D eigenvalue weighted by molar-refractivity contribution is 7.89. The summed E-state index contributed by atoms with van der Waals surface area (Å²) in [6.45, 7) is 2.56. The number of hydrogen-bond acceptors (Lipinski definition) is 4. The number of aromatic nitrogens is 2. The van der Waals surface area contributed by atoms with E-state index in [4.69, 9.17) is 0 Å². The molecule has 3 rings (SSSR count). The number of aryl methyl sites for hydroxylation is 1. The standard InChI is InChI=1S/C15H18N4O3S/c1-3-17-23(21,22)12-5-4-11-6-7-19(14(11)8-12)15(20)13-9-18(2)10-16-13/h4-5,8-10,17H,3,6-7H2,1-2H3. The number of rotatable bonds is 4. The van der Waals surface area contributed by atoms with E-state index in [1.165, 1.54) is 0 Å². The third kappa shape index (κ3) is 2.87. The van der Waals surface area contributed by atoms with E-state index in [0.29, 0.717) is 30.9 Å². The van der Waals surface area contributed by atoms with E-state index in [2.05, 4.69) is 9.71 Å². The number of carbonyl (C=O) groups excluding carboxylic acids is 1. The van der Waals surface area contributed by atoms with Crippen molar-refractivity contribution in [3.05, 3.63) is 42.0 Å². The Labute approximate surface area is 135 Å². The summed E-state index contributed by atoms with van der Waals surface area (Å²) in [7, 11) is -1.75. The molecule has 2 aromatic rings. The number of nitrogens with zero attached hydrogens (tertiary/aromatic N) is 3. The maximum absolute atomic E-state index is 12.6. The number of nitrogens with one attached hydrogen (secondary N) is 1. The quantitative estimate of drug-likeness (QED) is 0.901. The minimum atomic E-state index is -3.55. The summed E-state index contributed by atoms with van der Waals surface area (Å²) >= 11 is 0. The lowest BCUT2D eigenvalue weighted by atomic mass is 10.2. The molecule has 122 valence electrons. The van der Waals surface area contributed by atoms with Crippen molar-refractivity contribution in [2.24, 2.45) is 7.05 Å². The third-order valence-electron chi connectivity index (χ3n) is 3.77. The molecule has 0 saturated carbocycles. The molecule has 0 bridgehead atoms. The summed E-state index contributed by atoms with van der Waals surface area (Å²) in [4.78, 5) is 18.4.